The van der Waals surface area contributed by atoms with Crippen LogP contribution in [0.15, 0.2) is 101 Å². The van der Waals surface area contributed by atoms with Crippen LogP contribution >= 0.6 is 0 Å². The predicted octanol–water partition coefficient (Wildman–Crippen LogP) is 4.34. The second-order valence-electron chi connectivity index (χ2n) is 6.35. The molecule has 0 spiro atoms. The van der Waals surface area contributed by atoms with Crippen LogP contribution in [-0.2, 0) is 10.0 Å². The Hall–Kier alpha value is -2.92. The Labute approximate surface area is 160 Å². The Morgan fingerprint density at radius 1 is 0.926 bits per heavy atom. The summed E-state index contributed by atoms with van der Waals surface area (Å²) in [5.41, 5.74) is 2.07. The summed E-state index contributed by atoms with van der Waals surface area (Å²) in [6.45, 7) is 1.91. The van der Waals surface area contributed by atoms with Crippen molar-refractivity contribution in [3.8, 4) is 0 Å². The molecule has 1 unspecified atom stereocenters. The lowest BCUT2D eigenvalue weighted by Gasteiger charge is -2.18. The van der Waals surface area contributed by atoms with Crippen LogP contribution < -0.4 is 4.83 Å². The summed E-state index contributed by atoms with van der Waals surface area (Å²) >= 11 is 0. The fraction of sp³-hybridized carbons (Fsp3) is 0.136. The van der Waals surface area contributed by atoms with Gasteiger partial charge in [0.05, 0.1) is 4.90 Å². The first-order chi connectivity index (χ1) is 13.1. The number of hydrogen-bond donors (Lipinski definition) is 1. The van der Waals surface area contributed by atoms with Gasteiger partial charge in [-0.05, 0) is 24.6 Å². The molecular weight excluding hydrogens is 356 g/mol. The molecule has 1 atom stereocenters. The molecule has 1 N–H and O–H groups in total. The number of nitrogens with one attached hydrogen (secondary N) is 1. The van der Waals surface area contributed by atoms with Gasteiger partial charge in [-0.1, -0.05) is 84.5 Å². The highest BCUT2D eigenvalue weighted by atomic mass is 32.2. The van der Waals surface area contributed by atoms with Crippen molar-refractivity contribution < 1.29 is 8.42 Å². The molecule has 2 aromatic rings. The van der Waals surface area contributed by atoms with Crippen LogP contribution in [-0.4, -0.2) is 14.6 Å². The zero-order valence-electron chi connectivity index (χ0n) is 15.1. The Balaban J connectivity index is 1.82. The average molecular weight is 378 g/mol. The molecule has 2 aromatic carbocycles. The summed E-state index contributed by atoms with van der Waals surface area (Å²) in [5.74, 6) is -0.00523. The van der Waals surface area contributed by atoms with E-state index in [4.69, 9.17) is 0 Å². The first-order valence-corrected chi connectivity index (χ1v) is 10.2. The lowest BCUT2D eigenvalue weighted by molar-refractivity contribution is 0.584. The summed E-state index contributed by atoms with van der Waals surface area (Å²) in [6.07, 6.45) is 13.7. The van der Waals surface area contributed by atoms with Crippen molar-refractivity contribution in [1.29, 1.82) is 0 Å². The van der Waals surface area contributed by atoms with E-state index >= 15 is 0 Å². The summed E-state index contributed by atoms with van der Waals surface area (Å²) in [6, 6.07) is 16.6. The quantitative estimate of drug-likeness (QED) is 0.600. The van der Waals surface area contributed by atoms with Crippen LogP contribution in [0, 0.1) is 12.8 Å². The maximum atomic E-state index is 12.4. The summed E-state index contributed by atoms with van der Waals surface area (Å²) in [7, 11) is -3.69. The normalized spacial score (nSPS) is 15.7. The lowest BCUT2D eigenvalue weighted by Crippen LogP contribution is -2.20. The van der Waals surface area contributed by atoms with Gasteiger partial charge in [-0.3, -0.25) is 0 Å². The molecule has 0 aliphatic heterocycles. The van der Waals surface area contributed by atoms with Crippen LogP contribution in [0.25, 0.3) is 0 Å². The van der Waals surface area contributed by atoms with Crippen LogP contribution in [0.5, 0.6) is 0 Å². The fourth-order valence-electron chi connectivity index (χ4n) is 2.85. The van der Waals surface area contributed by atoms with Crippen LogP contribution in [0.1, 0.15) is 17.0 Å². The van der Waals surface area contributed by atoms with Gasteiger partial charge in [0, 0.05) is 18.1 Å². The molecular formula is C22H22N2O2S. The van der Waals surface area contributed by atoms with Gasteiger partial charge in [-0.25, -0.2) is 4.83 Å². The minimum atomic E-state index is -3.69. The molecule has 1 aliphatic rings. The molecule has 0 saturated heterocycles. The number of allylic oxidation sites excluding steroid dienone is 6. The molecule has 1 aliphatic carbocycles. The van der Waals surface area contributed by atoms with Gasteiger partial charge in [-0.15, -0.1) is 0 Å². The third-order valence-corrected chi connectivity index (χ3v) is 5.58. The second-order valence-corrected chi connectivity index (χ2v) is 8.02. The molecule has 138 valence electrons. The molecule has 0 heterocycles. The molecule has 0 aromatic heterocycles. The smallest absolute Gasteiger partial charge is 0.200 e. The van der Waals surface area contributed by atoms with E-state index < -0.39 is 10.0 Å². The van der Waals surface area contributed by atoms with Gasteiger partial charge in [0.2, 0.25) is 0 Å². The largest absolute Gasteiger partial charge is 0.276 e. The molecule has 0 saturated carbocycles. The SMILES string of the molecule is Cc1ccc(S(=O)(=O)N/N=C/C(c2ccccc2)C2C=CC=CC=C2)cc1. The number of sulfonamides is 1. The summed E-state index contributed by atoms with van der Waals surface area (Å²) in [5, 5.41) is 4.07. The minimum Gasteiger partial charge on any atom is -0.200 e. The molecule has 0 bridgehead atoms. The van der Waals surface area contributed by atoms with E-state index in [9.17, 15) is 8.42 Å². The van der Waals surface area contributed by atoms with Gasteiger partial charge >= 0.3 is 0 Å². The Bertz CT molecular complexity index is 957. The van der Waals surface area contributed by atoms with Gasteiger partial charge in [0.25, 0.3) is 10.0 Å². The van der Waals surface area contributed by atoms with Gasteiger partial charge in [-0.2, -0.15) is 13.5 Å². The van der Waals surface area contributed by atoms with Crippen LogP contribution in [0.4, 0.5) is 0 Å². The highest BCUT2D eigenvalue weighted by Crippen LogP contribution is 2.26. The molecule has 4 nitrogen and oxygen atoms in total. The standard InChI is InChI=1S/C22H22N2O2S/c1-18-13-15-21(16-14-18)27(25,26)24-23-17-22(20-11-7-4-8-12-20)19-9-5-2-3-6-10-19/h2-17,19,22,24H,1H3/b23-17+. The Morgan fingerprint density at radius 2 is 1.56 bits per heavy atom. The van der Waals surface area contributed by atoms with E-state index in [-0.39, 0.29) is 16.7 Å². The summed E-state index contributed by atoms with van der Waals surface area (Å²) in [4.78, 5) is 2.52. The predicted molar refractivity (Wildman–Crippen MR) is 110 cm³/mol. The Kier molecular flexibility index (Phi) is 6.04. The second kappa shape index (κ2) is 8.64. The zero-order chi connectivity index (χ0) is 19.1. The molecule has 0 fully saturated rings. The molecule has 3 rings (SSSR count). The summed E-state index contributed by atoms with van der Waals surface area (Å²) < 4.78 is 24.9. The van der Waals surface area contributed by atoms with Crippen molar-refractivity contribution >= 4 is 16.2 Å². The van der Waals surface area contributed by atoms with Crippen molar-refractivity contribution in [3.63, 3.8) is 0 Å². The third kappa shape index (κ3) is 5.05. The van der Waals surface area contributed by atoms with Gasteiger partial charge in [0.15, 0.2) is 0 Å². The fourth-order valence-corrected chi connectivity index (χ4v) is 3.65. The van der Waals surface area contributed by atoms with Crippen molar-refractivity contribution in [2.75, 3.05) is 0 Å². The van der Waals surface area contributed by atoms with E-state index in [0.29, 0.717) is 0 Å². The number of hydrogen-bond acceptors (Lipinski definition) is 3. The van der Waals surface area contributed by atoms with Crippen LogP contribution in [0.2, 0.25) is 0 Å². The lowest BCUT2D eigenvalue weighted by atomic mass is 9.86. The van der Waals surface area contributed by atoms with E-state index in [2.05, 4.69) is 22.1 Å². The molecule has 0 amide bonds. The van der Waals surface area contributed by atoms with Gasteiger partial charge < -0.3 is 0 Å². The first-order valence-electron chi connectivity index (χ1n) is 8.74. The van der Waals surface area contributed by atoms with Crippen molar-refractivity contribution in [2.45, 2.75) is 17.7 Å². The Morgan fingerprint density at radius 3 is 2.19 bits per heavy atom. The number of hydrazone groups is 1. The molecule has 0 radical (unpaired) electrons. The monoisotopic (exact) mass is 378 g/mol. The highest BCUT2D eigenvalue weighted by molar-refractivity contribution is 7.89. The zero-order valence-corrected chi connectivity index (χ0v) is 15.9. The average Bonchev–Trinajstić information content (AvgIpc) is 2.95. The maximum absolute atomic E-state index is 12.4. The van der Waals surface area contributed by atoms with E-state index in [1.54, 1.807) is 30.5 Å². The first kappa shape index (κ1) is 18.9. The number of benzene rings is 2. The van der Waals surface area contributed by atoms with Crippen molar-refractivity contribution in [2.24, 2.45) is 11.0 Å². The minimum absolute atomic E-state index is 0.0787. The van der Waals surface area contributed by atoms with E-state index in [1.165, 1.54) is 0 Å². The van der Waals surface area contributed by atoms with Gasteiger partial charge in [0.1, 0.15) is 0 Å². The van der Waals surface area contributed by atoms with E-state index in [1.807, 2.05) is 61.6 Å². The van der Waals surface area contributed by atoms with Crippen molar-refractivity contribution in [1.82, 2.24) is 4.83 Å². The molecule has 5 heteroatoms. The third-order valence-electron chi connectivity index (χ3n) is 4.34. The number of nitrogens with zero attached hydrogens (tertiary/aromatic N) is 1. The van der Waals surface area contributed by atoms with E-state index in [0.717, 1.165) is 11.1 Å². The molecule has 27 heavy (non-hydrogen) atoms. The maximum Gasteiger partial charge on any atom is 0.276 e. The number of rotatable bonds is 6. The van der Waals surface area contributed by atoms with Crippen LogP contribution in [0.3, 0.4) is 0 Å². The number of aryl methyl sites for hydroxylation is 1. The van der Waals surface area contributed by atoms with Crippen molar-refractivity contribution in [3.05, 3.63) is 102 Å². The highest BCUT2D eigenvalue weighted by Gasteiger charge is 2.18. The topological polar surface area (TPSA) is 58.5 Å².